The Hall–Kier alpha value is -1.56. The molecule has 1 heterocycles. The molecule has 0 aliphatic heterocycles. The molecule has 1 saturated carbocycles. The summed E-state index contributed by atoms with van der Waals surface area (Å²) in [6, 6.07) is 0.208. The summed E-state index contributed by atoms with van der Waals surface area (Å²) < 4.78 is 5.50. The van der Waals surface area contributed by atoms with E-state index in [0.717, 1.165) is 4.68 Å². The molecule has 116 valence electrons. The predicted octanol–water partition coefficient (Wildman–Crippen LogP) is 1.92. The number of anilines is 1. The van der Waals surface area contributed by atoms with Gasteiger partial charge in [0.2, 0.25) is 0 Å². The lowest BCUT2D eigenvalue weighted by Gasteiger charge is -2.11. The van der Waals surface area contributed by atoms with Crippen molar-refractivity contribution in [2.45, 2.75) is 40.3 Å². The van der Waals surface area contributed by atoms with Crippen LogP contribution in [0.2, 0.25) is 5.02 Å². The zero-order valence-corrected chi connectivity index (χ0v) is 13.6. The summed E-state index contributed by atoms with van der Waals surface area (Å²) in [6.45, 7) is 8.37. The maximum absolute atomic E-state index is 12.1. The molecule has 21 heavy (non-hydrogen) atoms. The van der Waals surface area contributed by atoms with Crippen LogP contribution in [0.25, 0.3) is 0 Å². The molecule has 7 heteroatoms. The summed E-state index contributed by atoms with van der Waals surface area (Å²) in [5, 5.41) is 7.27. The molecule has 0 bridgehead atoms. The number of hydrogen-bond acceptors (Lipinski definition) is 5. The highest BCUT2D eigenvalue weighted by Crippen LogP contribution is 2.63. The summed E-state index contributed by atoms with van der Waals surface area (Å²) in [5.74, 6) is -0.550. The third kappa shape index (κ3) is 2.52. The number of nitrogens with zero attached hydrogens (tertiary/aromatic N) is 2. The van der Waals surface area contributed by atoms with Gasteiger partial charge in [0.05, 0.1) is 19.0 Å². The third-order valence-electron chi connectivity index (χ3n) is 4.81. The highest BCUT2D eigenvalue weighted by atomic mass is 35.5. The fourth-order valence-electron chi connectivity index (χ4n) is 2.58. The van der Waals surface area contributed by atoms with Gasteiger partial charge in [-0.15, -0.1) is 0 Å². The van der Waals surface area contributed by atoms with E-state index in [-0.39, 0.29) is 28.4 Å². The maximum Gasteiger partial charge on any atom is 0.327 e. The highest BCUT2D eigenvalue weighted by molar-refractivity contribution is 6.33. The maximum atomic E-state index is 12.1. The van der Waals surface area contributed by atoms with Crippen molar-refractivity contribution in [3.8, 4) is 0 Å². The number of rotatable bonds is 4. The standard InChI is InChI=1S/C14H20ClN3O3/c1-13(2)12(14(13,3)4)17-8-6-16-18(7-9(19)21-5)11(20)10(8)15/h6,12,17H,7H2,1-5H3. The number of esters is 1. The average Bonchev–Trinajstić information content (AvgIpc) is 2.80. The molecule has 0 spiro atoms. The van der Waals surface area contributed by atoms with Crippen molar-refractivity contribution in [2.24, 2.45) is 10.8 Å². The van der Waals surface area contributed by atoms with E-state index in [9.17, 15) is 9.59 Å². The number of hydrogen-bond donors (Lipinski definition) is 1. The SMILES string of the molecule is COC(=O)Cn1ncc(NC2C(C)(C)C2(C)C)c(Cl)c1=O. The van der Waals surface area contributed by atoms with Crippen LogP contribution in [-0.4, -0.2) is 28.9 Å². The van der Waals surface area contributed by atoms with Crippen LogP contribution in [-0.2, 0) is 16.1 Å². The van der Waals surface area contributed by atoms with Crippen LogP contribution < -0.4 is 10.9 Å². The number of carbonyl (C=O) groups excluding carboxylic acids is 1. The zero-order valence-electron chi connectivity index (χ0n) is 12.9. The van der Waals surface area contributed by atoms with Gasteiger partial charge < -0.3 is 10.1 Å². The van der Waals surface area contributed by atoms with Crippen LogP contribution in [0.1, 0.15) is 27.7 Å². The Morgan fingerprint density at radius 2 is 2.00 bits per heavy atom. The number of carbonyl (C=O) groups is 1. The van der Waals surface area contributed by atoms with Crippen LogP contribution in [0.5, 0.6) is 0 Å². The lowest BCUT2D eigenvalue weighted by molar-refractivity contribution is -0.141. The second kappa shape index (κ2) is 5.02. The lowest BCUT2D eigenvalue weighted by atomic mass is 10.0. The third-order valence-corrected chi connectivity index (χ3v) is 5.18. The van der Waals surface area contributed by atoms with Crippen LogP contribution in [0, 0.1) is 10.8 Å². The number of aromatic nitrogens is 2. The van der Waals surface area contributed by atoms with Gasteiger partial charge in [-0.25, -0.2) is 4.68 Å². The summed E-state index contributed by atoms with van der Waals surface area (Å²) in [7, 11) is 1.25. The quantitative estimate of drug-likeness (QED) is 0.860. The Morgan fingerprint density at radius 3 is 2.48 bits per heavy atom. The Balaban J connectivity index is 2.23. The molecular formula is C14H20ClN3O3. The molecule has 1 aromatic heterocycles. The van der Waals surface area contributed by atoms with Gasteiger partial charge in [-0.05, 0) is 10.8 Å². The molecule has 0 unspecified atom stereocenters. The van der Waals surface area contributed by atoms with Crippen molar-refractivity contribution in [3.63, 3.8) is 0 Å². The van der Waals surface area contributed by atoms with Crippen LogP contribution >= 0.6 is 11.6 Å². The van der Waals surface area contributed by atoms with Crippen molar-refractivity contribution < 1.29 is 9.53 Å². The minimum atomic E-state index is -0.550. The van der Waals surface area contributed by atoms with Crippen LogP contribution in [0.15, 0.2) is 11.0 Å². The van der Waals surface area contributed by atoms with Gasteiger partial charge in [-0.2, -0.15) is 5.10 Å². The first kappa shape index (κ1) is 15.8. The Kier molecular flexibility index (Phi) is 3.78. The number of ether oxygens (including phenoxy) is 1. The summed E-state index contributed by atoms with van der Waals surface area (Å²) in [5.41, 5.74) is 0.198. The first-order valence-corrected chi connectivity index (χ1v) is 7.09. The monoisotopic (exact) mass is 313 g/mol. The molecule has 6 nitrogen and oxygen atoms in total. The second-order valence-electron chi connectivity index (χ2n) is 6.43. The predicted molar refractivity (Wildman–Crippen MR) is 80.5 cm³/mol. The van der Waals surface area contributed by atoms with E-state index in [1.807, 2.05) is 0 Å². The van der Waals surface area contributed by atoms with Crippen molar-refractivity contribution in [1.82, 2.24) is 9.78 Å². The molecule has 0 atom stereocenters. The van der Waals surface area contributed by atoms with Gasteiger partial charge in [-0.3, -0.25) is 9.59 Å². The van der Waals surface area contributed by atoms with E-state index in [1.165, 1.54) is 13.3 Å². The molecule has 0 saturated heterocycles. The molecule has 2 rings (SSSR count). The molecule has 0 amide bonds. The molecule has 1 aliphatic rings. The molecule has 0 aromatic carbocycles. The number of halogens is 1. The summed E-state index contributed by atoms with van der Waals surface area (Å²) in [4.78, 5) is 23.3. The van der Waals surface area contributed by atoms with Crippen LogP contribution in [0.3, 0.4) is 0 Å². The molecule has 1 fully saturated rings. The fraction of sp³-hybridized carbons (Fsp3) is 0.643. The van der Waals surface area contributed by atoms with E-state index in [0.29, 0.717) is 5.69 Å². The van der Waals surface area contributed by atoms with Gasteiger partial charge in [0.15, 0.2) is 0 Å². The number of nitrogens with one attached hydrogen (secondary N) is 1. The fourth-order valence-corrected chi connectivity index (χ4v) is 2.78. The Labute approximate surface area is 128 Å². The highest BCUT2D eigenvalue weighted by Gasteiger charge is 2.65. The summed E-state index contributed by atoms with van der Waals surface area (Å²) >= 11 is 6.10. The first-order valence-electron chi connectivity index (χ1n) is 6.72. The minimum absolute atomic E-state index is 0.0346. The van der Waals surface area contributed by atoms with Crippen LogP contribution in [0.4, 0.5) is 5.69 Å². The minimum Gasteiger partial charge on any atom is -0.468 e. The van der Waals surface area contributed by atoms with E-state index < -0.39 is 11.5 Å². The average molecular weight is 314 g/mol. The van der Waals surface area contributed by atoms with Gasteiger partial charge in [0.25, 0.3) is 5.56 Å². The summed E-state index contributed by atoms with van der Waals surface area (Å²) in [6.07, 6.45) is 1.47. The first-order chi connectivity index (χ1) is 9.62. The Morgan fingerprint density at radius 1 is 1.43 bits per heavy atom. The normalized spacial score (nSPS) is 19.1. The largest absolute Gasteiger partial charge is 0.468 e. The molecule has 1 aliphatic carbocycles. The molecule has 0 radical (unpaired) electrons. The smallest absolute Gasteiger partial charge is 0.327 e. The van der Waals surface area contributed by atoms with Gasteiger partial charge in [0.1, 0.15) is 11.6 Å². The van der Waals surface area contributed by atoms with E-state index in [2.05, 4.69) is 42.8 Å². The molecular weight excluding hydrogens is 294 g/mol. The van der Waals surface area contributed by atoms with E-state index in [4.69, 9.17) is 11.6 Å². The molecule has 1 N–H and O–H groups in total. The van der Waals surface area contributed by atoms with Crippen molar-refractivity contribution in [1.29, 1.82) is 0 Å². The van der Waals surface area contributed by atoms with Crippen molar-refractivity contribution in [3.05, 3.63) is 21.6 Å². The van der Waals surface area contributed by atoms with E-state index >= 15 is 0 Å². The topological polar surface area (TPSA) is 73.2 Å². The lowest BCUT2D eigenvalue weighted by Crippen LogP contribution is -2.28. The van der Waals surface area contributed by atoms with E-state index in [1.54, 1.807) is 0 Å². The molecule has 1 aromatic rings. The zero-order chi connectivity index (χ0) is 16.0. The Bertz CT molecular complexity index is 623. The van der Waals surface area contributed by atoms with Crippen molar-refractivity contribution >= 4 is 23.3 Å². The number of methoxy groups -OCH3 is 1. The second-order valence-corrected chi connectivity index (χ2v) is 6.81. The van der Waals surface area contributed by atoms with Gasteiger partial charge in [0, 0.05) is 6.04 Å². The van der Waals surface area contributed by atoms with Crippen molar-refractivity contribution in [2.75, 3.05) is 12.4 Å². The van der Waals surface area contributed by atoms with Gasteiger partial charge in [-0.1, -0.05) is 39.3 Å². The van der Waals surface area contributed by atoms with Gasteiger partial charge >= 0.3 is 5.97 Å².